The first kappa shape index (κ1) is 10.1. The highest BCUT2D eigenvalue weighted by Gasteiger charge is 2.24. The zero-order valence-corrected chi connectivity index (χ0v) is 8.52. The molecule has 0 saturated carbocycles. The van der Waals surface area contributed by atoms with Crippen LogP contribution in [0.25, 0.3) is 0 Å². The first-order chi connectivity index (χ1) is 6.03. The summed E-state index contributed by atoms with van der Waals surface area (Å²) in [7, 11) is 0. The van der Waals surface area contributed by atoms with Crippen molar-refractivity contribution < 1.29 is 9.53 Å². The van der Waals surface area contributed by atoms with Crippen molar-refractivity contribution in [2.45, 2.75) is 27.2 Å². The predicted octanol–water partition coefficient (Wildman–Crippen LogP) is 1.45. The van der Waals surface area contributed by atoms with E-state index in [1.165, 1.54) is 0 Å². The highest BCUT2D eigenvalue weighted by molar-refractivity contribution is 5.90. The normalized spacial score (nSPS) is 21.5. The van der Waals surface area contributed by atoms with Crippen molar-refractivity contribution in [2.24, 2.45) is 5.41 Å². The molecular formula is C10H17NO2. The minimum atomic E-state index is 0.0203. The van der Waals surface area contributed by atoms with E-state index in [-0.39, 0.29) is 11.2 Å². The van der Waals surface area contributed by atoms with Crippen LogP contribution in [-0.4, -0.2) is 18.9 Å². The predicted molar refractivity (Wildman–Crippen MR) is 51.1 cm³/mol. The molecule has 74 valence electrons. The van der Waals surface area contributed by atoms with Gasteiger partial charge in [0.2, 0.25) is 0 Å². The lowest BCUT2D eigenvalue weighted by molar-refractivity contribution is -0.116. The molecule has 0 bridgehead atoms. The van der Waals surface area contributed by atoms with E-state index in [9.17, 15) is 4.79 Å². The van der Waals surface area contributed by atoms with Gasteiger partial charge in [0.1, 0.15) is 0 Å². The summed E-state index contributed by atoms with van der Waals surface area (Å²) in [5, 5.41) is 3.12. The third-order valence-electron chi connectivity index (χ3n) is 1.99. The molecule has 3 heteroatoms. The van der Waals surface area contributed by atoms with Crippen LogP contribution in [-0.2, 0) is 9.53 Å². The molecule has 0 aromatic heterocycles. The molecular weight excluding hydrogens is 166 g/mol. The summed E-state index contributed by atoms with van der Waals surface area (Å²) in [6, 6.07) is 0. The van der Waals surface area contributed by atoms with Gasteiger partial charge in [0, 0.05) is 19.0 Å². The number of hydrogen-bond donors (Lipinski definition) is 1. The van der Waals surface area contributed by atoms with Gasteiger partial charge < -0.3 is 10.1 Å². The summed E-state index contributed by atoms with van der Waals surface area (Å²) in [5.41, 5.74) is 0.0203. The molecule has 1 aliphatic rings. The van der Waals surface area contributed by atoms with Crippen LogP contribution in [0.2, 0.25) is 0 Å². The van der Waals surface area contributed by atoms with Gasteiger partial charge in [-0.1, -0.05) is 13.8 Å². The van der Waals surface area contributed by atoms with E-state index in [2.05, 4.69) is 19.2 Å². The molecule has 13 heavy (non-hydrogen) atoms. The molecule has 1 N–H and O–H groups in total. The first-order valence-electron chi connectivity index (χ1n) is 4.65. The number of nitrogens with one attached hydrogen (secondary N) is 1. The van der Waals surface area contributed by atoms with Crippen LogP contribution in [0.3, 0.4) is 0 Å². The van der Waals surface area contributed by atoms with Gasteiger partial charge in [0.05, 0.1) is 6.61 Å². The Bertz CT molecular complexity index is 231. The summed E-state index contributed by atoms with van der Waals surface area (Å²) in [6.07, 6.45) is 2.13. The monoisotopic (exact) mass is 183 g/mol. The zero-order valence-electron chi connectivity index (χ0n) is 8.52. The third-order valence-corrected chi connectivity index (χ3v) is 1.99. The average molecular weight is 183 g/mol. The van der Waals surface area contributed by atoms with E-state index >= 15 is 0 Å². The maximum atomic E-state index is 11.4. The molecule has 0 saturated heterocycles. The molecule has 0 spiro atoms. The van der Waals surface area contributed by atoms with Gasteiger partial charge in [-0.3, -0.25) is 4.79 Å². The largest absolute Gasteiger partial charge is 0.479 e. The number of hydrogen-bond acceptors (Lipinski definition) is 3. The lowest BCUT2D eigenvalue weighted by atomic mass is 9.88. The third kappa shape index (κ3) is 3.09. The number of ketones is 1. The summed E-state index contributed by atoms with van der Waals surface area (Å²) < 4.78 is 5.26. The Morgan fingerprint density at radius 1 is 1.62 bits per heavy atom. The van der Waals surface area contributed by atoms with Crippen LogP contribution in [0.5, 0.6) is 0 Å². The molecule has 0 fully saturated rings. The molecule has 0 radical (unpaired) electrons. The van der Waals surface area contributed by atoms with Gasteiger partial charge in [0.15, 0.2) is 11.7 Å². The second kappa shape index (κ2) is 3.81. The van der Waals surface area contributed by atoms with Crippen LogP contribution in [0.1, 0.15) is 27.2 Å². The van der Waals surface area contributed by atoms with Gasteiger partial charge in [-0.2, -0.15) is 0 Å². The highest BCUT2D eigenvalue weighted by Crippen LogP contribution is 2.22. The smallest absolute Gasteiger partial charge is 0.190 e. The van der Waals surface area contributed by atoms with Gasteiger partial charge in [-0.15, -0.1) is 0 Å². The number of allylic oxidation sites excluding steroid dienone is 1. The summed E-state index contributed by atoms with van der Waals surface area (Å²) >= 11 is 0. The van der Waals surface area contributed by atoms with Crippen LogP contribution >= 0.6 is 0 Å². The van der Waals surface area contributed by atoms with E-state index in [4.69, 9.17) is 4.74 Å². The Balaban J connectivity index is 2.66. The van der Waals surface area contributed by atoms with Crippen molar-refractivity contribution in [1.29, 1.82) is 0 Å². The lowest BCUT2D eigenvalue weighted by Gasteiger charge is -2.21. The fourth-order valence-corrected chi connectivity index (χ4v) is 1.36. The van der Waals surface area contributed by atoms with E-state index in [1.54, 1.807) is 6.08 Å². The summed E-state index contributed by atoms with van der Waals surface area (Å²) in [6.45, 7) is 7.42. The number of carbonyl (C=O) groups is 1. The Morgan fingerprint density at radius 3 is 2.92 bits per heavy atom. The Hall–Kier alpha value is -0.990. The van der Waals surface area contributed by atoms with Crippen LogP contribution in [0, 0.1) is 5.41 Å². The van der Waals surface area contributed by atoms with Crippen molar-refractivity contribution in [3.8, 4) is 0 Å². The molecule has 0 aromatic rings. The lowest BCUT2D eigenvalue weighted by Crippen LogP contribution is -2.28. The molecule has 1 aliphatic heterocycles. The molecule has 0 atom stereocenters. The summed E-state index contributed by atoms with van der Waals surface area (Å²) in [5.74, 6) is 0.747. The summed E-state index contributed by atoms with van der Waals surface area (Å²) in [4.78, 5) is 11.4. The van der Waals surface area contributed by atoms with Gasteiger partial charge in [-0.25, -0.2) is 0 Å². The van der Waals surface area contributed by atoms with E-state index in [0.29, 0.717) is 18.9 Å². The van der Waals surface area contributed by atoms with E-state index in [1.807, 2.05) is 6.92 Å². The van der Waals surface area contributed by atoms with Crippen molar-refractivity contribution in [1.82, 2.24) is 5.32 Å². The molecule has 3 nitrogen and oxygen atoms in total. The molecule has 0 aromatic carbocycles. The van der Waals surface area contributed by atoms with Crippen molar-refractivity contribution in [2.75, 3.05) is 13.2 Å². The van der Waals surface area contributed by atoms with Crippen molar-refractivity contribution in [3.63, 3.8) is 0 Å². The molecule has 0 amide bonds. The van der Waals surface area contributed by atoms with Gasteiger partial charge in [0.25, 0.3) is 0 Å². The SMILES string of the molecule is CCOC1=CC(=O)CC(C)(C)CN1. The second-order valence-electron chi connectivity index (χ2n) is 4.10. The highest BCUT2D eigenvalue weighted by atomic mass is 16.5. The van der Waals surface area contributed by atoms with E-state index in [0.717, 1.165) is 6.54 Å². The zero-order chi connectivity index (χ0) is 9.90. The second-order valence-corrected chi connectivity index (χ2v) is 4.10. The topological polar surface area (TPSA) is 38.3 Å². The fraction of sp³-hybridized carbons (Fsp3) is 0.700. The molecule has 1 heterocycles. The quantitative estimate of drug-likeness (QED) is 0.704. The van der Waals surface area contributed by atoms with Gasteiger partial charge in [-0.05, 0) is 12.3 Å². The average Bonchev–Trinajstić information content (AvgIpc) is 2.10. The fourth-order valence-electron chi connectivity index (χ4n) is 1.36. The van der Waals surface area contributed by atoms with Crippen LogP contribution in [0.4, 0.5) is 0 Å². The Morgan fingerprint density at radius 2 is 2.31 bits per heavy atom. The standard InChI is InChI=1S/C10H17NO2/c1-4-13-9-5-8(12)6-10(2,3)7-11-9/h5,11H,4,6-7H2,1-3H3. The number of ether oxygens (including phenoxy) is 1. The molecule has 0 aliphatic carbocycles. The van der Waals surface area contributed by atoms with Crippen molar-refractivity contribution in [3.05, 3.63) is 12.0 Å². The van der Waals surface area contributed by atoms with Crippen molar-refractivity contribution >= 4 is 5.78 Å². The van der Waals surface area contributed by atoms with Crippen LogP contribution in [0.15, 0.2) is 12.0 Å². The minimum absolute atomic E-state index is 0.0203. The Labute approximate surface area is 79.2 Å². The number of carbonyl (C=O) groups excluding carboxylic acids is 1. The number of rotatable bonds is 2. The van der Waals surface area contributed by atoms with E-state index < -0.39 is 0 Å². The first-order valence-corrected chi connectivity index (χ1v) is 4.65. The molecule has 0 unspecified atom stereocenters. The molecule has 1 rings (SSSR count). The van der Waals surface area contributed by atoms with Crippen LogP contribution < -0.4 is 5.32 Å². The maximum absolute atomic E-state index is 11.4. The minimum Gasteiger partial charge on any atom is -0.479 e. The maximum Gasteiger partial charge on any atom is 0.190 e. The Kier molecular flexibility index (Phi) is 2.96. The van der Waals surface area contributed by atoms with Gasteiger partial charge >= 0.3 is 0 Å².